The smallest absolute Gasteiger partial charge is 0.309 e. The number of para-hydroxylation sites is 1. The Hall–Kier alpha value is -2.24. The highest BCUT2D eigenvalue weighted by Gasteiger charge is 2.25. The average molecular weight is 353 g/mol. The fraction of sp³-hybridized carbons (Fsp3) is 0.300. The lowest BCUT2D eigenvalue weighted by Crippen LogP contribution is -2.18. The summed E-state index contributed by atoms with van der Waals surface area (Å²) in [6.45, 7) is 2.87. The maximum absolute atomic E-state index is 12.3. The van der Waals surface area contributed by atoms with Crippen LogP contribution in [0.15, 0.2) is 41.8 Å². The van der Waals surface area contributed by atoms with Crippen molar-refractivity contribution in [3.63, 3.8) is 0 Å². The minimum Gasteiger partial charge on any atom is -0.461 e. The van der Waals surface area contributed by atoms with Crippen LogP contribution < -0.4 is 0 Å². The maximum atomic E-state index is 12.3. The summed E-state index contributed by atoms with van der Waals surface area (Å²) in [5.41, 5.74) is 4.12. The van der Waals surface area contributed by atoms with Crippen LogP contribution in [0.25, 0.3) is 10.9 Å². The van der Waals surface area contributed by atoms with Crippen LogP contribution in [0.5, 0.6) is 0 Å². The topological polar surface area (TPSA) is 48.4 Å². The molecule has 2 aromatic heterocycles. The van der Waals surface area contributed by atoms with E-state index in [1.54, 1.807) is 11.3 Å². The second-order valence-electron chi connectivity index (χ2n) is 6.22. The molecule has 1 atom stereocenters. The van der Waals surface area contributed by atoms with E-state index in [0.29, 0.717) is 6.61 Å². The Labute approximate surface area is 150 Å². The summed E-state index contributed by atoms with van der Waals surface area (Å²) in [5.74, 6) is -0.232. The number of carbonyl (C=O) groups is 1. The van der Waals surface area contributed by atoms with Gasteiger partial charge in [-0.25, -0.2) is 0 Å². The standard InChI is InChI=1S/C20H19NO3S/c1-13-10-15(16-4-2-3-5-17(16)21-13)12-24-19(22)11-18-20-14(6-8-23-18)7-9-25-20/h2-5,7,9-10,18H,6,8,11-12H2,1H3/t18-/m1/s1. The summed E-state index contributed by atoms with van der Waals surface area (Å²) in [5, 5.41) is 3.08. The van der Waals surface area contributed by atoms with Crippen molar-refractivity contribution in [1.82, 2.24) is 4.98 Å². The fourth-order valence-electron chi connectivity index (χ4n) is 3.26. The van der Waals surface area contributed by atoms with E-state index in [1.165, 1.54) is 5.56 Å². The van der Waals surface area contributed by atoms with E-state index in [0.717, 1.165) is 33.5 Å². The van der Waals surface area contributed by atoms with Crippen molar-refractivity contribution in [2.75, 3.05) is 6.61 Å². The first-order chi connectivity index (χ1) is 12.2. The van der Waals surface area contributed by atoms with Gasteiger partial charge in [0.2, 0.25) is 0 Å². The van der Waals surface area contributed by atoms with Crippen LogP contribution in [0.2, 0.25) is 0 Å². The third-order valence-corrected chi connectivity index (χ3v) is 5.49. The maximum Gasteiger partial charge on any atom is 0.309 e. The zero-order valence-electron chi connectivity index (χ0n) is 14.0. The number of rotatable bonds is 4. The Balaban J connectivity index is 1.45. The highest BCUT2D eigenvalue weighted by atomic mass is 32.1. The highest BCUT2D eigenvalue weighted by molar-refractivity contribution is 7.10. The predicted molar refractivity (Wildman–Crippen MR) is 97.6 cm³/mol. The van der Waals surface area contributed by atoms with Gasteiger partial charge in [0.25, 0.3) is 0 Å². The van der Waals surface area contributed by atoms with Crippen LogP contribution in [0, 0.1) is 6.92 Å². The van der Waals surface area contributed by atoms with Gasteiger partial charge in [0.05, 0.1) is 18.5 Å². The quantitative estimate of drug-likeness (QED) is 0.654. The number of thiophene rings is 1. The van der Waals surface area contributed by atoms with E-state index >= 15 is 0 Å². The van der Waals surface area contributed by atoms with Gasteiger partial charge in [-0.1, -0.05) is 18.2 Å². The number of aromatic nitrogens is 1. The SMILES string of the molecule is Cc1cc(COC(=O)C[C@H]2OCCc3ccsc32)c2ccccc2n1. The lowest BCUT2D eigenvalue weighted by molar-refractivity contribution is -0.148. The van der Waals surface area contributed by atoms with Crippen LogP contribution >= 0.6 is 11.3 Å². The zero-order valence-corrected chi connectivity index (χ0v) is 14.8. The van der Waals surface area contributed by atoms with Crippen molar-refractivity contribution < 1.29 is 14.3 Å². The molecule has 5 heteroatoms. The van der Waals surface area contributed by atoms with Crippen LogP contribution in [0.1, 0.15) is 34.2 Å². The molecule has 0 radical (unpaired) electrons. The van der Waals surface area contributed by atoms with Crippen molar-refractivity contribution in [1.29, 1.82) is 0 Å². The van der Waals surface area contributed by atoms with E-state index in [9.17, 15) is 4.79 Å². The molecule has 1 aromatic carbocycles. The average Bonchev–Trinajstić information content (AvgIpc) is 3.09. The summed E-state index contributed by atoms with van der Waals surface area (Å²) < 4.78 is 11.3. The Morgan fingerprint density at radius 3 is 3.16 bits per heavy atom. The fourth-order valence-corrected chi connectivity index (χ4v) is 4.26. The van der Waals surface area contributed by atoms with E-state index < -0.39 is 0 Å². The predicted octanol–water partition coefficient (Wildman–Crippen LogP) is 4.35. The van der Waals surface area contributed by atoms with Gasteiger partial charge in [-0.05, 0) is 42.5 Å². The molecule has 0 aliphatic carbocycles. The number of hydrogen-bond donors (Lipinski definition) is 0. The van der Waals surface area contributed by atoms with Gasteiger partial charge in [0, 0.05) is 21.5 Å². The Kier molecular flexibility index (Phi) is 4.51. The van der Waals surface area contributed by atoms with Crippen molar-refractivity contribution in [2.24, 2.45) is 0 Å². The number of pyridine rings is 1. The molecule has 0 saturated heterocycles. The van der Waals surface area contributed by atoms with Crippen molar-refractivity contribution in [2.45, 2.75) is 32.5 Å². The monoisotopic (exact) mass is 353 g/mol. The molecule has 0 unspecified atom stereocenters. The molecule has 4 nitrogen and oxygen atoms in total. The molecule has 0 fully saturated rings. The van der Waals surface area contributed by atoms with E-state index in [2.05, 4.69) is 16.4 Å². The van der Waals surface area contributed by atoms with Gasteiger partial charge in [-0.3, -0.25) is 9.78 Å². The van der Waals surface area contributed by atoms with Crippen LogP contribution in [-0.4, -0.2) is 17.6 Å². The van der Waals surface area contributed by atoms with Gasteiger partial charge < -0.3 is 9.47 Å². The van der Waals surface area contributed by atoms with Gasteiger partial charge in [0.15, 0.2) is 0 Å². The molecule has 128 valence electrons. The first-order valence-electron chi connectivity index (χ1n) is 8.39. The third kappa shape index (κ3) is 3.43. The number of hydrogen-bond acceptors (Lipinski definition) is 5. The molecule has 1 aliphatic rings. The highest BCUT2D eigenvalue weighted by Crippen LogP contribution is 2.34. The van der Waals surface area contributed by atoms with Gasteiger partial charge in [-0.2, -0.15) is 0 Å². The Morgan fingerprint density at radius 2 is 2.24 bits per heavy atom. The Bertz CT molecular complexity index is 918. The minimum absolute atomic E-state index is 0.174. The molecule has 0 saturated carbocycles. The minimum atomic E-state index is -0.232. The van der Waals surface area contributed by atoms with E-state index in [4.69, 9.17) is 9.47 Å². The second kappa shape index (κ2) is 6.94. The molecule has 4 rings (SSSR count). The van der Waals surface area contributed by atoms with Gasteiger partial charge in [-0.15, -0.1) is 11.3 Å². The van der Waals surface area contributed by atoms with Crippen molar-refractivity contribution >= 4 is 28.2 Å². The lowest BCUT2D eigenvalue weighted by atomic mass is 10.1. The van der Waals surface area contributed by atoms with Crippen LogP contribution in [-0.2, 0) is 27.3 Å². The Morgan fingerprint density at radius 1 is 1.36 bits per heavy atom. The molecule has 3 aromatic rings. The number of benzene rings is 1. The molecule has 0 amide bonds. The third-order valence-electron chi connectivity index (χ3n) is 4.43. The molecular formula is C20H19NO3S. The summed E-state index contributed by atoms with van der Waals surface area (Å²) >= 11 is 1.65. The van der Waals surface area contributed by atoms with Crippen LogP contribution in [0.3, 0.4) is 0 Å². The number of esters is 1. The largest absolute Gasteiger partial charge is 0.461 e. The number of aryl methyl sites for hydroxylation is 1. The lowest BCUT2D eigenvalue weighted by Gasteiger charge is -2.22. The van der Waals surface area contributed by atoms with Crippen molar-refractivity contribution in [3.05, 3.63) is 63.5 Å². The molecule has 25 heavy (non-hydrogen) atoms. The van der Waals surface area contributed by atoms with E-state index in [1.807, 2.05) is 37.3 Å². The molecule has 0 spiro atoms. The zero-order chi connectivity index (χ0) is 17.2. The summed E-state index contributed by atoms with van der Waals surface area (Å²) in [6.07, 6.45) is 1.01. The second-order valence-corrected chi connectivity index (χ2v) is 7.17. The first kappa shape index (κ1) is 16.2. The van der Waals surface area contributed by atoms with Gasteiger partial charge in [0.1, 0.15) is 12.7 Å². The normalized spacial score (nSPS) is 16.6. The summed E-state index contributed by atoms with van der Waals surface area (Å²) in [6, 6.07) is 12.0. The first-order valence-corrected chi connectivity index (χ1v) is 9.27. The number of nitrogens with zero attached hydrogens (tertiary/aromatic N) is 1. The number of fused-ring (bicyclic) bond motifs is 2. The summed E-state index contributed by atoms with van der Waals surface area (Å²) in [4.78, 5) is 18.0. The number of ether oxygens (including phenoxy) is 2. The van der Waals surface area contributed by atoms with E-state index in [-0.39, 0.29) is 25.1 Å². The molecular weight excluding hydrogens is 334 g/mol. The molecule has 0 N–H and O–H groups in total. The number of carbonyl (C=O) groups excluding carboxylic acids is 1. The summed E-state index contributed by atoms with van der Waals surface area (Å²) in [7, 11) is 0. The molecule has 1 aliphatic heterocycles. The molecule has 0 bridgehead atoms. The van der Waals surface area contributed by atoms with Crippen LogP contribution in [0.4, 0.5) is 0 Å². The van der Waals surface area contributed by atoms with Gasteiger partial charge >= 0.3 is 5.97 Å². The van der Waals surface area contributed by atoms with Crippen molar-refractivity contribution in [3.8, 4) is 0 Å². The molecule has 3 heterocycles.